The lowest BCUT2D eigenvalue weighted by Gasteiger charge is -2.36. The van der Waals surface area contributed by atoms with Crippen LogP contribution in [0.15, 0.2) is 42.5 Å². The van der Waals surface area contributed by atoms with Crippen molar-refractivity contribution in [1.82, 2.24) is 14.8 Å². The number of piperidine rings is 1. The van der Waals surface area contributed by atoms with Crippen LogP contribution in [0.25, 0.3) is 17.2 Å². The van der Waals surface area contributed by atoms with Gasteiger partial charge in [0.25, 0.3) is 11.8 Å². The Labute approximate surface area is 216 Å². The summed E-state index contributed by atoms with van der Waals surface area (Å²) in [6.45, 7) is 5.78. The van der Waals surface area contributed by atoms with Crippen LogP contribution in [-0.2, 0) is 4.79 Å². The Bertz CT molecular complexity index is 1320. The fourth-order valence-corrected chi connectivity index (χ4v) is 6.25. The molecule has 1 aliphatic carbocycles. The number of hydrogen-bond donors (Lipinski definition) is 2. The number of amides is 2. The molecular formula is C30H33FN4O2. The summed E-state index contributed by atoms with van der Waals surface area (Å²) in [6.07, 6.45) is 10.8. The summed E-state index contributed by atoms with van der Waals surface area (Å²) in [4.78, 5) is 34.5. The number of halogens is 1. The first-order valence-electron chi connectivity index (χ1n) is 13.4. The number of alkyl halides is 1. The van der Waals surface area contributed by atoms with Gasteiger partial charge in [-0.05, 0) is 75.0 Å². The van der Waals surface area contributed by atoms with Gasteiger partial charge in [-0.2, -0.15) is 0 Å². The predicted octanol–water partition coefficient (Wildman–Crippen LogP) is 5.20. The molecule has 2 aromatic rings. The zero-order valence-corrected chi connectivity index (χ0v) is 21.2. The zero-order chi connectivity index (χ0) is 25.5. The average molecular weight is 501 g/mol. The fourth-order valence-electron chi connectivity index (χ4n) is 6.25. The van der Waals surface area contributed by atoms with Crippen LogP contribution in [0, 0.1) is 6.92 Å². The quantitative estimate of drug-likeness (QED) is 0.567. The molecule has 4 heterocycles. The summed E-state index contributed by atoms with van der Waals surface area (Å²) < 4.78 is 14.2. The van der Waals surface area contributed by atoms with Crippen molar-refractivity contribution in [3.63, 3.8) is 0 Å². The second-order valence-electron chi connectivity index (χ2n) is 10.6. The number of aromatic nitrogens is 1. The van der Waals surface area contributed by atoms with E-state index in [1.165, 1.54) is 25.9 Å². The summed E-state index contributed by atoms with van der Waals surface area (Å²) in [6, 6.07) is 8.12. The van der Waals surface area contributed by atoms with E-state index in [2.05, 4.69) is 15.2 Å². The molecule has 192 valence electrons. The lowest BCUT2D eigenvalue weighted by molar-refractivity contribution is -0.110. The molecule has 6 nitrogen and oxygen atoms in total. The Kier molecular flexibility index (Phi) is 6.32. The Morgan fingerprint density at radius 1 is 1.14 bits per heavy atom. The molecule has 7 heteroatoms. The van der Waals surface area contributed by atoms with Crippen LogP contribution < -0.4 is 5.32 Å². The topological polar surface area (TPSA) is 68.4 Å². The number of carbonyl (C=O) groups excluding carboxylic acids is 2. The highest BCUT2D eigenvalue weighted by atomic mass is 19.1. The van der Waals surface area contributed by atoms with E-state index in [1.807, 2.05) is 42.2 Å². The average Bonchev–Trinajstić information content (AvgIpc) is 3.63. The summed E-state index contributed by atoms with van der Waals surface area (Å²) in [5.41, 5.74) is 5.75. The number of H-pyrrole nitrogens is 1. The highest BCUT2D eigenvalue weighted by molar-refractivity contribution is 6.36. The van der Waals surface area contributed by atoms with E-state index in [4.69, 9.17) is 0 Å². The van der Waals surface area contributed by atoms with Crippen molar-refractivity contribution in [2.24, 2.45) is 0 Å². The number of hydrogen-bond acceptors (Lipinski definition) is 3. The Morgan fingerprint density at radius 3 is 2.68 bits per heavy atom. The molecule has 2 amide bonds. The van der Waals surface area contributed by atoms with Crippen LogP contribution in [0.3, 0.4) is 0 Å². The minimum absolute atomic E-state index is 0.00313. The van der Waals surface area contributed by atoms with Crippen LogP contribution in [-0.4, -0.2) is 65.0 Å². The highest BCUT2D eigenvalue weighted by Gasteiger charge is 2.32. The van der Waals surface area contributed by atoms with Crippen LogP contribution in [0.2, 0.25) is 0 Å². The molecule has 2 fully saturated rings. The van der Waals surface area contributed by atoms with Gasteiger partial charge in [-0.25, -0.2) is 4.39 Å². The molecule has 0 spiro atoms. The largest absolute Gasteiger partial charge is 0.358 e. The molecule has 4 aliphatic rings. The van der Waals surface area contributed by atoms with Crippen molar-refractivity contribution in [3.05, 3.63) is 70.6 Å². The maximum absolute atomic E-state index is 14.2. The molecule has 3 aliphatic heterocycles. The minimum Gasteiger partial charge on any atom is -0.358 e. The van der Waals surface area contributed by atoms with Gasteiger partial charge < -0.3 is 20.1 Å². The summed E-state index contributed by atoms with van der Waals surface area (Å²) in [7, 11) is 0. The van der Waals surface area contributed by atoms with Crippen molar-refractivity contribution in [2.45, 2.75) is 51.2 Å². The summed E-state index contributed by atoms with van der Waals surface area (Å²) in [5.74, 6) is -0.216. The monoisotopic (exact) mass is 500 g/mol. The Morgan fingerprint density at radius 2 is 1.92 bits per heavy atom. The summed E-state index contributed by atoms with van der Waals surface area (Å²) >= 11 is 0. The van der Waals surface area contributed by atoms with Crippen LogP contribution in [0.5, 0.6) is 0 Å². The van der Waals surface area contributed by atoms with E-state index < -0.39 is 6.17 Å². The summed E-state index contributed by atoms with van der Waals surface area (Å²) in [5, 5.41) is 2.95. The third-order valence-electron chi connectivity index (χ3n) is 8.12. The van der Waals surface area contributed by atoms with Gasteiger partial charge in [-0.3, -0.25) is 9.59 Å². The predicted molar refractivity (Wildman–Crippen MR) is 145 cm³/mol. The third kappa shape index (κ3) is 4.57. The standard InChI is InChI=1S/C30H33FN4O2/c1-19-16-24(30(37)35-14-10-22(11-15-35)34-12-2-3-13-34)27(32-19)18-25-28-23(20-6-4-7-21(31)17-20)8-5-9-26(28)33-29(25)36/h4-9,16,18,21-22,32H,2-3,10-15,17H2,1H3,(H,33,36). The smallest absolute Gasteiger partial charge is 0.256 e. The first-order valence-corrected chi connectivity index (χ1v) is 13.4. The number of fused-ring (bicyclic) bond motifs is 1. The van der Waals surface area contributed by atoms with E-state index in [1.54, 1.807) is 18.2 Å². The normalized spacial score (nSPS) is 23.5. The lowest BCUT2D eigenvalue weighted by atomic mass is 9.89. The van der Waals surface area contributed by atoms with E-state index >= 15 is 0 Å². The van der Waals surface area contributed by atoms with Crippen molar-refractivity contribution in [2.75, 3.05) is 31.5 Å². The maximum Gasteiger partial charge on any atom is 0.256 e. The van der Waals surface area contributed by atoms with Crippen molar-refractivity contribution in [1.29, 1.82) is 0 Å². The number of nitrogens with one attached hydrogen (secondary N) is 2. The molecule has 2 saturated heterocycles. The molecule has 2 N–H and O–H groups in total. The van der Waals surface area contributed by atoms with Crippen molar-refractivity contribution in [3.8, 4) is 0 Å². The number of allylic oxidation sites excluding steroid dienone is 4. The van der Waals surface area contributed by atoms with Gasteiger partial charge in [0.05, 0.1) is 16.8 Å². The van der Waals surface area contributed by atoms with Gasteiger partial charge >= 0.3 is 0 Å². The first-order chi connectivity index (χ1) is 18.0. The number of anilines is 1. The van der Waals surface area contributed by atoms with Gasteiger partial charge in [-0.1, -0.05) is 30.4 Å². The zero-order valence-electron chi connectivity index (χ0n) is 21.2. The lowest BCUT2D eigenvalue weighted by Crippen LogP contribution is -2.46. The first kappa shape index (κ1) is 23.9. The van der Waals surface area contributed by atoms with Crippen molar-refractivity contribution >= 4 is 34.7 Å². The number of aromatic amines is 1. The molecule has 0 saturated carbocycles. The van der Waals surface area contributed by atoms with Crippen LogP contribution in [0.1, 0.15) is 65.0 Å². The SMILES string of the molecule is Cc1cc(C(=O)N2CCC(N3CCCC3)CC2)c(C=C2C(=O)Nc3cccc(C4=CC=CC(F)C4)c32)[nH]1. The van der Waals surface area contributed by atoms with Gasteiger partial charge in [0.1, 0.15) is 6.17 Å². The number of carbonyl (C=O) groups is 2. The van der Waals surface area contributed by atoms with E-state index in [9.17, 15) is 14.0 Å². The Balaban J connectivity index is 1.29. The van der Waals surface area contributed by atoms with Crippen LogP contribution in [0.4, 0.5) is 10.1 Å². The second kappa shape index (κ2) is 9.78. The second-order valence-corrected chi connectivity index (χ2v) is 10.6. The molecular weight excluding hydrogens is 467 g/mol. The number of nitrogens with zero attached hydrogens (tertiary/aromatic N) is 2. The number of aryl methyl sites for hydroxylation is 1. The molecule has 37 heavy (non-hydrogen) atoms. The van der Waals surface area contributed by atoms with Gasteiger partial charge in [0, 0.05) is 42.5 Å². The molecule has 6 rings (SSSR count). The molecule has 0 bridgehead atoms. The minimum atomic E-state index is -1.04. The number of likely N-dealkylation sites (tertiary alicyclic amines) is 2. The van der Waals surface area contributed by atoms with Gasteiger partial charge in [0.15, 0.2) is 0 Å². The van der Waals surface area contributed by atoms with Gasteiger partial charge in [-0.15, -0.1) is 0 Å². The molecule has 1 aromatic heterocycles. The van der Waals surface area contributed by atoms with Crippen LogP contribution >= 0.6 is 0 Å². The molecule has 1 aromatic carbocycles. The molecule has 0 radical (unpaired) electrons. The molecule has 1 atom stereocenters. The van der Waals surface area contributed by atoms with Gasteiger partial charge in [0.2, 0.25) is 0 Å². The number of benzene rings is 1. The Hall–Kier alpha value is -3.45. The maximum atomic E-state index is 14.2. The van der Waals surface area contributed by atoms with Crippen molar-refractivity contribution < 1.29 is 14.0 Å². The third-order valence-corrected chi connectivity index (χ3v) is 8.12. The fraction of sp³-hybridized carbons (Fsp3) is 0.400. The van der Waals surface area contributed by atoms with E-state index in [-0.39, 0.29) is 18.2 Å². The van der Waals surface area contributed by atoms with E-state index in [0.717, 1.165) is 48.3 Å². The molecule has 1 unspecified atom stereocenters. The highest BCUT2D eigenvalue weighted by Crippen LogP contribution is 2.41. The van der Waals surface area contributed by atoms with E-state index in [0.29, 0.717) is 28.6 Å². The number of rotatable bonds is 4.